The first-order valence-electron chi connectivity index (χ1n) is 8.41. The SMILES string of the molecule is O=C(CCC1CCCCC1)N[C@@H](Cc1cc(F)cc(F)c1)C(=O)O. The molecule has 0 bridgehead atoms. The highest BCUT2D eigenvalue weighted by atomic mass is 19.1. The lowest BCUT2D eigenvalue weighted by Crippen LogP contribution is -2.42. The molecule has 1 saturated carbocycles. The molecule has 0 spiro atoms. The van der Waals surface area contributed by atoms with E-state index >= 15 is 0 Å². The van der Waals surface area contributed by atoms with Gasteiger partial charge in [0.1, 0.15) is 17.7 Å². The van der Waals surface area contributed by atoms with E-state index in [1.807, 2.05) is 0 Å². The molecule has 0 aliphatic heterocycles. The molecule has 2 N–H and O–H groups in total. The number of carbonyl (C=O) groups excluding carboxylic acids is 1. The van der Waals surface area contributed by atoms with Crippen molar-refractivity contribution in [2.75, 3.05) is 0 Å². The first-order chi connectivity index (χ1) is 11.4. The highest BCUT2D eigenvalue weighted by Gasteiger charge is 2.22. The van der Waals surface area contributed by atoms with Gasteiger partial charge in [0.2, 0.25) is 5.91 Å². The van der Waals surface area contributed by atoms with Gasteiger partial charge in [-0.15, -0.1) is 0 Å². The summed E-state index contributed by atoms with van der Waals surface area (Å²) in [4.78, 5) is 23.3. The van der Waals surface area contributed by atoms with Gasteiger partial charge in [0.15, 0.2) is 0 Å². The fourth-order valence-corrected chi connectivity index (χ4v) is 3.24. The Kier molecular flexibility index (Phi) is 6.70. The maximum absolute atomic E-state index is 13.2. The van der Waals surface area contributed by atoms with E-state index in [0.29, 0.717) is 5.92 Å². The molecular formula is C18H23F2NO3. The normalized spacial score (nSPS) is 16.6. The van der Waals surface area contributed by atoms with Crippen molar-refractivity contribution < 1.29 is 23.5 Å². The molecule has 1 aliphatic rings. The van der Waals surface area contributed by atoms with E-state index in [2.05, 4.69) is 5.32 Å². The van der Waals surface area contributed by atoms with Gasteiger partial charge in [-0.2, -0.15) is 0 Å². The Bertz CT molecular complexity index is 565. The van der Waals surface area contributed by atoms with E-state index in [1.54, 1.807) is 0 Å². The first-order valence-corrected chi connectivity index (χ1v) is 8.41. The van der Waals surface area contributed by atoms with E-state index in [1.165, 1.54) is 19.3 Å². The second-order valence-corrected chi connectivity index (χ2v) is 6.48. The van der Waals surface area contributed by atoms with Crippen LogP contribution in [0.3, 0.4) is 0 Å². The van der Waals surface area contributed by atoms with Gasteiger partial charge >= 0.3 is 5.97 Å². The Morgan fingerprint density at radius 3 is 2.33 bits per heavy atom. The van der Waals surface area contributed by atoms with Crippen molar-refractivity contribution in [2.45, 2.75) is 57.4 Å². The molecule has 1 aliphatic carbocycles. The zero-order valence-corrected chi connectivity index (χ0v) is 13.6. The molecule has 6 heteroatoms. The third-order valence-corrected chi connectivity index (χ3v) is 4.50. The van der Waals surface area contributed by atoms with Gasteiger partial charge in [-0.1, -0.05) is 32.1 Å². The van der Waals surface area contributed by atoms with Crippen LogP contribution in [0, 0.1) is 17.6 Å². The Morgan fingerprint density at radius 2 is 1.75 bits per heavy atom. The van der Waals surface area contributed by atoms with Gasteiger partial charge in [0, 0.05) is 18.9 Å². The Hall–Kier alpha value is -1.98. The number of nitrogens with one attached hydrogen (secondary N) is 1. The van der Waals surface area contributed by atoms with Crippen LogP contribution in [0.2, 0.25) is 0 Å². The largest absolute Gasteiger partial charge is 0.480 e. The van der Waals surface area contributed by atoms with Crippen LogP contribution in [0.25, 0.3) is 0 Å². The number of aliphatic carboxylic acids is 1. The van der Waals surface area contributed by atoms with Crippen molar-refractivity contribution in [1.82, 2.24) is 5.32 Å². The molecule has 0 heterocycles. The van der Waals surface area contributed by atoms with Crippen molar-refractivity contribution in [3.05, 3.63) is 35.4 Å². The number of hydrogen-bond acceptors (Lipinski definition) is 2. The highest BCUT2D eigenvalue weighted by molar-refractivity contribution is 5.83. The van der Waals surface area contributed by atoms with E-state index in [4.69, 9.17) is 0 Å². The molecular weight excluding hydrogens is 316 g/mol. The van der Waals surface area contributed by atoms with Crippen molar-refractivity contribution >= 4 is 11.9 Å². The molecule has 0 aromatic heterocycles. The van der Waals surface area contributed by atoms with Gasteiger partial charge in [-0.25, -0.2) is 13.6 Å². The Labute approximate surface area is 140 Å². The number of carboxylic acids is 1. The lowest BCUT2D eigenvalue weighted by Gasteiger charge is -2.21. The van der Waals surface area contributed by atoms with Crippen LogP contribution < -0.4 is 5.32 Å². The zero-order valence-electron chi connectivity index (χ0n) is 13.6. The van der Waals surface area contributed by atoms with Crippen LogP contribution in [0.1, 0.15) is 50.5 Å². The predicted molar refractivity (Wildman–Crippen MR) is 85.4 cm³/mol. The predicted octanol–water partition coefficient (Wildman–Crippen LogP) is 3.44. The van der Waals surface area contributed by atoms with Crippen molar-refractivity contribution in [3.63, 3.8) is 0 Å². The average molecular weight is 339 g/mol. The minimum absolute atomic E-state index is 0.154. The van der Waals surface area contributed by atoms with Gasteiger partial charge in [0.05, 0.1) is 0 Å². The number of carbonyl (C=O) groups is 2. The quantitative estimate of drug-likeness (QED) is 0.800. The van der Waals surface area contributed by atoms with Crippen LogP contribution in [-0.4, -0.2) is 23.0 Å². The molecule has 1 atom stereocenters. The van der Waals surface area contributed by atoms with Crippen molar-refractivity contribution in [2.24, 2.45) is 5.92 Å². The van der Waals surface area contributed by atoms with E-state index in [-0.39, 0.29) is 24.3 Å². The molecule has 1 amide bonds. The topological polar surface area (TPSA) is 66.4 Å². The number of carboxylic acid groups (broad SMARTS) is 1. The van der Waals surface area contributed by atoms with Gasteiger partial charge in [-0.05, 0) is 30.0 Å². The summed E-state index contributed by atoms with van der Waals surface area (Å²) in [6, 6.07) is 1.69. The number of benzene rings is 1. The Morgan fingerprint density at radius 1 is 1.12 bits per heavy atom. The van der Waals surface area contributed by atoms with Crippen LogP contribution in [0.4, 0.5) is 8.78 Å². The molecule has 24 heavy (non-hydrogen) atoms. The van der Waals surface area contributed by atoms with Crippen molar-refractivity contribution in [3.8, 4) is 0 Å². The van der Waals surface area contributed by atoms with Gasteiger partial charge < -0.3 is 10.4 Å². The molecule has 2 rings (SSSR count). The second kappa shape index (κ2) is 8.76. The summed E-state index contributed by atoms with van der Waals surface area (Å²) in [6.45, 7) is 0. The fourth-order valence-electron chi connectivity index (χ4n) is 3.24. The summed E-state index contributed by atoms with van der Waals surface area (Å²) >= 11 is 0. The van der Waals surface area contributed by atoms with E-state index in [9.17, 15) is 23.5 Å². The third-order valence-electron chi connectivity index (χ3n) is 4.50. The summed E-state index contributed by atoms with van der Waals surface area (Å²) in [5.41, 5.74) is 0.201. The zero-order chi connectivity index (χ0) is 17.5. The summed E-state index contributed by atoms with van der Waals surface area (Å²) in [5, 5.41) is 11.7. The van der Waals surface area contributed by atoms with E-state index in [0.717, 1.165) is 37.5 Å². The molecule has 0 saturated heterocycles. The number of amides is 1. The van der Waals surface area contributed by atoms with Gasteiger partial charge in [0.25, 0.3) is 0 Å². The van der Waals surface area contributed by atoms with Crippen LogP contribution >= 0.6 is 0 Å². The fraction of sp³-hybridized carbons (Fsp3) is 0.556. The Balaban J connectivity index is 1.87. The molecule has 1 fully saturated rings. The monoisotopic (exact) mass is 339 g/mol. The second-order valence-electron chi connectivity index (χ2n) is 6.48. The van der Waals surface area contributed by atoms with Crippen LogP contribution in [-0.2, 0) is 16.0 Å². The van der Waals surface area contributed by atoms with Crippen molar-refractivity contribution in [1.29, 1.82) is 0 Å². The standard InChI is InChI=1S/C18H23F2NO3/c19-14-8-13(9-15(20)11-14)10-16(18(23)24)21-17(22)7-6-12-4-2-1-3-5-12/h8-9,11-12,16H,1-7,10H2,(H,21,22)(H,23,24)/t16-/m0/s1. The summed E-state index contributed by atoms with van der Waals surface area (Å²) in [7, 11) is 0. The summed E-state index contributed by atoms with van der Waals surface area (Å²) in [5.74, 6) is -2.55. The maximum Gasteiger partial charge on any atom is 0.326 e. The van der Waals surface area contributed by atoms with Crippen LogP contribution in [0.15, 0.2) is 18.2 Å². The maximum atomic E-state index is 13.2. The lowest BCUT2D eigenvalue weighted by molar-refractivity contribution is -0.141. The molecule has 0 unspecified atom stereocenters. The summed E-state index contributed by atoms with van der Waals surface area (Å²) < 4.78 is 26.4. The first kappa shape index (κ1) is 18.4. The smallest absolute Gasteiger partial charge is 0.326 e. The van der Waals surface area contributed by atoms with Gasteiger partial charge in [-0.3, -0.25) is 4.79 Å². The van der Waals surface area contributed by atoms with E-state index < -0.39 is 23.6 Å². The number of hydrogen-bond donors (Lipinski definition) is 2. The molecule has 0 radical (unpaired) electrons. The summed E-state index contributed by atoms with van der Waals surface area (Å²) in [6.07, 6.45) is 6.76. The molecule has 4 nitrogen and oxygen atoms in total. The number of rotatable bonds is 7. The molecule has 1 aromatic carbocycles. The van der Waals surface area contributed by atoms with Crippen LogP contribution in [0.5, 0.6) is 0 Å². The number of halogens is 2. The minimum atomic E-state index is -1.22. The lowest BCUT2D eigenvalue weighted by atomic mass is 9.86. The molecule has 132 valence electrons. The molecule has 1 aromatic rings. The highest BCUT2D eigenvalue weighted by Crippen LogP contribution is 2.27. The third kappa shape index (κ3) is 5.91. The minimum Gasteiger partial charge on any atom is -0.480 e. The average Bonchev–Trinajstić information content (AvgIpc) is 2.52.